The normalized spacial score (nSPS) is 11.4. The van der Waals surface area contributed by atoms with E-state index in [1.165, 1.54) is 0 Å². The Bertz CT molecular complexity index is 843. The summed E-state index contributed by atoms with van der Waals surface area (Å²) in [6.45, 7) is 1.78. The van der Waals surface area contributed by atoms with Crippen LogP contribution in [0.25, 0.3) is 11.0 Å². The van der Waals surface area contributed by atoms with Crippen LogP contribution in [0.1, 0.15) is 23.0 Å². The van der Waals surface area contributed by atoms with Crippen LogP contribution in [0, 0.1) is 0 Å². The molecule has 0 aliphatic heterocycles. The zero-order valence-electron chi connectivity index (χ0n) is 12.0. The number of carbonyl (C=O) groups is 1. The van der Waals surface area contributed by atoms with Gasteiger partial charge in [0.15, 0.2) is 0 Å². The van der Waals surface area contributed by atoms with Gasteiger partial charge in [0.2, 0.25) is 0 Å². The molecule has 1 aromatic heterocycles. The molecule has 0 aliphatic rings. The Kier molecular flexibility index (Phi) is 3.87. The summed E-state index contributed by atoms with van der Waals surface area (Å²) >= 11 is 0. The predicted molar refractivity (Wildman–Crippen MR) is 85.7 cm³/mol. The molecule has 3 rings (SSSR count). The number of hydrogen-bond donors (Lipinski definition) is 1. The molecule has 0 spiro atoms. The number of carbonyl (C=O) groups excluding carboxylic acids is 1. The van der Waals surface area contributed by atoms with Crippen molar-refractivity contribution in [3.8, 4) is 0 Å². The minimum atomic E-state index is -0.256. The number of nitrogens with one attached hydrogen (secondary N) is 1. The van der Waals surface area contributed by atoms with E-state index in [0.29, 0.717) is 17.0 Å². The molecule has 0 radical (unpaired) electrons. The molecule has 0 bridgehead atoms. The third-order valence-electron chi connectivity index (χ3n) is 3.18. The zero-order chi connectivity index (χ0) is 15.4. The first kappa shape index (κ1) is 13.9. The van der Waals surface area contributed by atoms with E-state index in [9.17, 15) is 4.79 Å². The maximum absolute atomic E-state index is 11.9. The van der Waals surface area contributed by atoms with Gasteiger partial charge in [-0.15, -0.1) is 0 Å². The van der Waals surface area contributed by atoms with Crippen molar-refractivity contribution in [2.75, 3.05) is 0 Å². The zero-order valence-corrected chi connectivity index (χ0v) is 12.0. The second kappa shape index (κ2) is 6.13. The fraction of sp³-hybridized carbons (Fsp3) is 0.0588. The summed E-state index contributed by atoms with van der Waals surface area (Å²) in [4.78, 5) is 20.8. The molecule has 0 fully saturated rings. The molecule has 0 saturated carbocycles. The first-order valence-corrected chi connectivity index (χ1v) is 6.86. The SMILES string of the molecule is C/C(=N\NC(=O)c1ccccc1)c1cnc2ccccc2n1. The molecule has 108 valence electrons. The number of amides is 1. The van der Waals surface area contributed by atoms with Crippen LogP contribution in [-0.4, -0.2) is 21.6 Å². The lowest BCUT2D eigenvalue weighted by Gasteiger charge is -2.03. The molecule has 5 heteroatoms. The fourth-order valence-corrected chi connectivity index (χ4v) is 1.98. The summed E-state index contributed by atoms with van der Waals surface area (Å²) in [7, 11) is 0. The lowest BCUT2D eigenvalue weighted by Crippen LogP contribution is -2.19. The van der Waals surface area contributed by atoms with Crippen molar-refractivity contribution in [3.63, 3.8) is 0 Å². The highest BCUT2D eigenvalue weighted by molar-refractivity contribution is 6.00. The van der Waals surface area contributed by atoms with Crippen molar-refractivity contribution < 1.29 is 4.79 Å². The van der Waals surface area contributed by atoms with Crippen LogP contribution in [0.2, 0.25) is 0 Å². The quantitative estimate of drug-likeness (QED) is 0.596. The molecule has 1 N–H and O–H groups in total. The number of hydrogen-bond acceptors (Lipinski definition) is 4. The monoisotopic (exact) mass is 290 g/mol. The second-order valence-electron chi connectivity index (χ2n) is 4.75. The largest absolute Gasteiger partial charge is 0.271 e. The van der Waals surface area contributed by atoms with Gasteiger partial charge >= 0.3 is 0 Å². The van der Waals surface area contributed by atoms with Crippen molar-refractivity contribution in [2.24, 2.45) is 5.10 Å². The fourth-order valence-electron chi connectivity index (χ4n) is 1.98. The topological polar surface area (TPSA) is 67.2 Å². The third-order valence-corrected chi connectivity index (χ3v) is 3.18. The van der Waals surface area contributed by atoms with Crippen molar-refractivity contribution in [1.29, 1.82) is 0 Å². The van der Waals surface area contributed by atoms with Gasteiger partial charge in [-0.3, -0.25) is 9.78 Å². The Morgan fingerprint density at radius 2 is 1.68 bits per heavy atom. The van der Waals surface area contributed by atoms with Crippen LogP contribution in [0.5, 0.6) is 0 Å². The molecule has 0 aliphatic carbocycles. The molecular weight excluding hydrogens is 276 g/mol. The first-order valence-electron chi connectivity index (χ1n) is 6.86. The average molecular weight is 290 g/mol. The van der Waals surface area contributed by atoms with E-state index in [0.717, 1.165) is 11.0 Å². The van der Waals surface area contributed by atoms with Gasteiger partial charge in [-0.25, -0.2) is 10.4 Å². The predicted octanol–water partition coefficient (Wildman–Crippen LogP) is 2.78. The first-order chi connectivity index (χ1) is 10.7. The van der Waals surface area contributed by atoms with Crippen LogP contribution < -0.4 is 5.43 Å². The number of aromatic nitrogens is 2. The highest BCUT2D eigenvalue weighted by Gasteiger charge is 2.05. The summed E-state index contributed by atoms with van der Waals surface area (Å²) < 4.78 is 0. The van der Waals surface area contributed by atoms with Crippen molar-refractivity contribution >= 4 is 22.7 Å². The van der Waals surface area contributed by atoms with Crippen molar-refractivity contribution in [2.45, 2.75) is 6.92 Å². The molecule has 0 atom stereocenters. The lowest BCUT2D eigenvalue weighted by atomic mass is 10.2. The highest BCUT2D eigenvalue weighted by atomic mass is 16.2. The van der Waals surface area contributed by atoms with E-state index < -0.39 is 0 Å². The van der Waals surface area contributed by atoms with E-state index in [1.807, 2.05) is 30.3 Å². The molecule has 1 heterocycles. The van der Waals surface area contributed by atoms with Gasteiger partial charge in [0, 0.05) is 5.56 Å². The van der Waals surface area contributed by atoms with Gasteiger partial charge < -0.3 is 0 Å². The molecule has 0 saturated heterocycles. The Morgan fingerprint density at radius 1 is 1.00 bits per heavy atom. The number of rotatable bonds is 3. The maximum Gasteiger partial charge on any atom is 0.271 e. The van der Waals surface area contributed by atoms with Gasteiger partial charge in [-0.1, -0.05) is 30.3 Å². The number of nitrogens with zero attached hydrogens (tertiary/aromatic N) is 3. The highest BCUT2D eigenvalue weighted by Crippen LogP contribution is 2.09. The summed E-state index contributed by atoms with van der Waals surface area (Å²) in [6.07, 6.45) is 1.65. The van der Waals surface area contributed by atoms with Gasteiger partial charge in [0.1, 0.15) is 5.69 Å². The smallest absolute Gasteiger partial charge is 0.267 e. The Morgan fingerprint density at radius 3 is 2.45 bits per heavy atom. The Labute approximate surface area is 127 Å². The van der Waals surface area contributed by atoms with E-state index in [2.05, 4.69) is 20.5 Å². The van der Waals surface area contributed by atoms with Crippen LogP contribution in [0.4, 0.5) is 0 Å². The van der Waals surface area contributed by atoms with Gasteiger partial charge in [0.05, 0.1) is 22.9 Å². The average Bonchev–Trinajstić information content (AvgIpc) is 2.59. The maximum atomic E-state index is 11.9. The Hall–Kier alpha value is -3.08. The molecule has 2 aromatic carbocycles. The molecule has 1 amide bonds. The minimum absolute atomic E-state index is 0.256. The van der Waals surface area contributed by atoms with E-state index in [-0.39, 0.29) is 5.91 Å². The third kappa shape index (κ3) is 2.98. The summed E-state index contributed by atoms with van der Waals surface area (Å²) in [6, 6.07) is 16.5. The summed E-state index contributed by atoms with van der Waals surface area (Å²) in [5, 5.41) is 4.09. The van der Waals surface area contributed by atoms with Crippen LogP contribution in [0.15, 0.2) is 65.9 Å². The van der Waals surface area contributed by atoms with Crippen molar-refractivity contribution in [3.05, 3.63) is 72.1 Å². The number of benzene rings is 2. The van der Waals surface area contributed by atoms with Gasteiger partial charge in [0.25, 0.3) is 5.91 Å². The number of hydrazone groups is 1. The van der Waals surface area contributed by atoms with E-state index in [1.54, 1.807) is 37.4 Å². The van der Waals surface area contributed by atoms with E-state index >= 15 is 0 Å². The summed E-state index contributed by atoms with van der Waals surface area (Å²) in [5.41, 5.74) is 5.94. The number of para-hydroxylation sites is 2. The lowest BCUT2D eigenvalue weighted by molar-refractivity contribution is 0.0955. The Balaban J connectivity index is 1.80. The number of fused-ring (bicyclic) bond motifs is 1. The standard InChI is InChI=1S/C17H14N4O/c1-12(20-21-17(22)13-7-3-2-4-8-13)16-11-18-14-9-5-6-10-15(14)19-16/h2-11H,1H3,(H,21,22)/b20-12+. The molecule has 3 aromatic rings. The molecular formula is C17H14N4O. The molecule has 0 unspecified atom stereocenters. The van der Waals surface area contributed by atoms with Crippen LogP contribution in [-0.2, 0) is 0 Å². The second-order valence-corrected chi connectivity index (χ2v) is 4.75. The van der Waals surface area contributed by atoms with E-state index in [4.69, 9.17) is 0 Å². The minimum Gasteiger partial charge on any atom is -0.267 e. The van der Waals surface area contributed by atoms with Crippen LogP contribution in [0.3, 0.4) is 0 Å². The van der Waals surface area contributed by atoms with Gasteiger partial charge in [-0.05, 0) is 31.2 Å². The molecule has 5 nitrogen and oxygen atoms in total. The molecule has 22 heavy (non-hydrogen) atoms. The van der Waals surface area contributed by atoms with Crippen molar-refractivity contribution in [1.82, 2.24) is 15.4 Å². The van der Waals surface area contributed by atoms with Crippen LogP contribution >= 0.6 is 0 Å². The summed E-state index contributed by atoms with van der Waals surface area (Å²) in [5.74, 6) is -0.256. The van der Waals surface area contributed by atoms with Gasteiger partial charge in [-0.2, -0.15) is 5.10 Å².